The van der Waals surface area contributed by atoms with E-state index in [0.717, 1.165) is 30.7 Å². The van der Waals surface area contributed by atoms with E-state index in [4.69, 9.17) is 10.5 Å². The van der Waals surface area contributed by atoms with Crippen molar-refractivity contribution in [3.63, 3.8) is 0 Å². The minimum atomic E-state index is -2.79. The molecule has 1 aromatic carbocycles. The highest BCUT2D eigenvalue weighted by atomic mass is 32.2. The summed E-state index contributed by atoms with van der Waals surface area (Å²) in [5.41, 5.74) is 6.68. The Kier molecular flexibility index (Phi) is 5.65. The molecule has 0 amide bonds. The summed E-state index contributed by atoms with van der Waals surface area (Å²) < 4.78 is 27.9. The Morgan fingerprint density at radius 2 is 2.14 bits per heavy atom. The fourth-order valence-electron chi connectivity index (χ4n) is 2.48. The lowest BCUT2D eigenvalue weighted by atomic mass is 9.99. The lowest BCUT2D eigenvalue weighted by Crippen LogP contribution is -2.25. The fourth-order valence-corrected chi connectivity index (χ4v) is 4.07. The van der Waals surface area contributed by atoms with Gasteiger partial charge in [-0.1, -0.05) is 6.07 Å². The molecule has 1 aliphatic rings. The number of nitrogens with two attached hydrogens (primary N) is 1. The average molecular weight is 325 g/mol. The summed E-state index contributed by atoms with van der Waals surface area (Å²) in [6, 6.07) is 7.46. The van der Waals surface area contributed by atoms with E-state index >= 15 is 0 Å². The molecule has 0 bridgehead atoms. The number of methoxy groups -OCH3 is 1. The van der Waals surface area contributed by atoms with Crippen molar-refractivity contribution in [3.05, 3.63) is 24.3 Å². The zero-order chi connectivity index (χ0) is 16.0. The van der Waals surface area contributed by atoms with Crippen molar-refractivity contribution >= 4 is 21.5 Å². The first-order valence-corrected chi connectivity index (χ1v) is 9.22. The van der Waals surface area contributed by atoms with Crippen LogP contribution < -0.4 is 15.8 Å². The highest BCUT2D eigenvalue weighted by Gasteiger charge is 2.22. The summed E-state index contributed by atoms with van der Waals surface area (Å²) in [5.74, 6) is 2.15. The zero-order valence-electron chi connectivity index (χ0n) is 12.8. The van der Waals surface area contributed by atoms with Crippen LogP contribution in [0.25, 0.3) is 0 Å². The maximum absolute atomic E-state index is 11.4. The van der Waals surface area contributed by atoms with Crippen LogP contribution >= 0.6 is 0 Å². The Morgan fingerprint density at radius 1 is 1.41 bits per heavy atom. The lowest BCUT2D eigenvalue weighted by molar-refractivity contribution is 0.415. The van der Waals surface area contributed by atoms with Crippen molar-refractivity contribution in [1.29, 1.82) is 0 Å². The van der Waals surface area contributed by atoms with Crippen LogP contribution in [0, 0.1) is 5.92 Å². The average Bonchev–Trinajstić information content (AvgIpc) is 2.49. The van der Waals surface area contributed by atoms with Gasteiger partial charge in [-0.25, -0.2) is 8.42 Å². The van der Waals surface area contributed by atoms with E-state index < -0.39 is 9.84 Å². The maximum Gasteiger partial charge on any atom is 0.193 e. The van der Waals surface area contributed by atoms with E-state index in [1.807, 2.05) is 24.3 Å². The quantitative estimate of drug-likeness (QED) is 0.634. The van der Waals surface area contributed by atoms with Gasteiger partial charge in [0.25, 0.3) is 0 Å². The number of anilines is 1. The summed E-state index contributed by atoms with van der Waals surface area (Å²) >= 11 is 0. The minimum Gasteiger partial charge on any atom is -0.497 e. The predicted octanol–water partition coefficient (Wildman–Crippen LogP) is 1.64. The van der Waals surface area contributed by atoms with Crippen molar-refractivity contribution < 1.29 is 13.2 Å². The van der Waals surface area contributed by atoms with Gasteiger partial charge in [0.2, 0.25) is 0 Å². The van der Waals surface area contributed by atoms with Gasteiger partial charge in [0.1, 0.15) is 15.6 Å². The molecule has 1 aromatic rings. The second kappa shape index (κ2) is 7.49. The van der Waals surface area contributed by atoms with Crippen molar-refractivity contribution in [2.45, 2.75) is 19.3 Å². The molecule has 3 N–H and O–H groups in total. The molecular weight excluding hydrogens is 302 g/mol. The van der Waals surface area contributed by atoms with Crippen molar-refractivity contribution in [2.24, 2.45) is 16.6 Å². The second-order valence-electron chi connectivity index (χ2n) is 5.51. The molecule has 0 atom stereocenters. The Balaban J connectivity index is 1.78. The molecule has 2 rings (SSSR count). The number of ether oxygens (including phenoxy) is 1. The molecule has 0 spiro atoms. The molecule has 1 saturated heterocycles. The zero-order valence-corrected chi connectivity index (χ0v) is 13.6. The highest BCUT2D eigenvalue weighted by molar-refractivity contribution is 7.91. The van der Waals surface area contributed by atoms with Crippen LogP contribution in [-0.2, 0) is 9.84 Å². The number of nitrogens with one attached hydrogen (secondary N) is 1. The summed E-state index contributed by atoms with van der Waals surface area (Å²) in [7, 11) is -1.18. The first-order chi connectivity index (χ1) is 10.5. The third kappa shape index (κ3) is 5.22. The van der Waals surface area contributed by atoms with Gasteiger partial charge in [-0.2, -0.15) is 0 Å². The van der Waals surface area contributed by atoms with E-state index in [-0.39, 0.29) is 0 Å². The normalized spacial score (nSPS) is 18.9. The molecule has 0 saturated carbocycles. The summed E-state index contributed by atoms with van der Waals surface area (Å²) in [5, 5.41) is 3.02. The van der Waals surface area contributed by atoms with Gasteiger partial charge in [0, 0.05) is 18.3 Å². The highest BCUT2D eigenvalue weighted by Crippen LogP contribution is 2.22. The van der Waals surface area contributed by atoms with Crippen molar-refractivity contribution in [3.8, 4) is 5.75 Å². The predicted molar refractivity (Wildman–Crippen MR) is 89.1 cm³/mol. The number of hydrogen-bond acceptors (Lipinski definition) is 4. The molecule has 1 fully saturated rings. The van der Waals surface area contributed by atoms with Crippen LogP contribution in [0.4, 0.5) is 5.69 Å². The second-order valence-corrected chi connectivity index (χ2v) is 7.81. The van der Waals surface area contributed by atoms with Crippen LogP contribution in [0.2, 0.25) is 0 Å². The monoisotopic (exact) mass is 325 g/mol. The molecule has 6 nitrogen and oxygen atoms in total. The van der Waals surface area contributed by atoms with E-state index in [1.54, 1.807) is 7.11 Å². The van der Waals surface area contributed by atoms with Crippen LogP contribution in [0.3, 0.4) is 0 Å². The fraction of sp³-hybridized carbons (Fsp3) is 0.533. The van der Waals surface area contributed by atoms with Crippen LogP contribution in [0.15, 0.2) is 29.3 Å². The smallest absolute Gasteiger partial charge is 0.193 e. The van der Waals surface area contributed by atoms with Gasteiger partial charge in [0.15, 0.2) is 5.96 Å². The van der Waals surface area contributed by atoms with E-state index in [1.165, 1.54) is 0 Å². The molecule has 1 aliphatic heterocycles. The standard InChI is InChI=1S/C15H23N3O3S/c1-21-14-4-2-3-13(11-14)18-15(16)17-8-5-12-6-9-22(19,20)10-7-12/h2-4,11-12H,5-10H2,1H3,(H3,16,17,18). The Labute approximate surface area is 131 Å². The molecule has 0 unspecified atom stereocenters. The maximum atomic E-state index is 11.4. The molecular formula is C15H23N3O3S. The van der Waals surface area contributed by atoms with Crippen molar-refractivity contribution in [2.75, 3.05) is 30.5 Å². The van der Waals surface area contributed by atoms with Gasteiger partial charge < -0.3 is 15.8 Å². The van der Waals surface area contributed by atoms with Crippen LogP contribution in [-0.4, -0.2) is 39.5 Å². The minimum absolute atomic E-state index is 0.304. The van der Waals surface area contributed by atoms with E-state index in [2.05, 4.69) is 10.3 Å². The van der Waals surface area contributed by atoms with Crippen molar-refractivity contribution in [1.82, 2.24) is 0 Å². The number of guanidine groups is 1. The summed E-state index contributed by atoms with van der Waals surface area (Å²) in [4.78, 5) is 4.30. The molecule has 0 aliphatic carbocycles. The first kappa shape index (κ1) is 16.6. The number of nitrogens with zero attached hydrogens (tertiary/aromatic N) is 1. The van der Waals surface area contributed by atoms with Gasteiger partial charge in [-0.05, 0) is 37.3 Å². The Hall–Kier alpha value is -1.76. The largest absolute Gasteiger partial charge is 0.497 e. The van der Waals surface area contributed by atoms with Gasteiger partial charge in [-0.3, -0.25) is 4.99 Å². The van der Waals surface area contributed by atoms with E-state index in [9.17, 15) is 8.42 Å². The van der Waals surface area contributed by atoms with Gasteiger partial charge in [-0.15, -0.1) is 0 Å². The third-order valence-corrected chi connectivity index (χ3v) is 5.55. The third-order valence-electron chi connectivity index (χ3n) is 3.84. The number of hydrogen-bond donors (Lipinski definition) is 2. The molecule has 22 heavy (non-hydrogen) atoms. The number of aliphatic imine (C=N–C) groups is 1. The Bertz CT molecular complexity index is 615. The topological polar surface area (TPSA) is 93.8 Å². The van der Waals surface area contributed by atoms with Crippen LogP contribution in [0.5, 0.6) is 5.75 Å². The molecule has 0 aromatic heterocycles. The SMILES string of the molecule is COc1cccc(NC(N)=NCCC2CCS(=O)(=O)CC2)c1. The first-order valence-electron chi connectivity index (χ1n) is 7.40. The van der Waals surface area contributed by atoms with Gasteiger partial charge in [0.05, 0.1) is 18.6 Å². The van der Waals surface area contributed by atoms with Crippen LogP contribution in [0.1, 0.15) is 19.3 Å². The number of benzene rings is 1. The summed E-state index contributed by atoms with van der Waals surface area (Å²) in [6.45, 7) is 0.605. The summed E-state index contributed by atoms with van der Waals surface area (Å²) in [6.07, 6.45) is 2.35. The molecule has 0 radical (unpaired) electrons. The molecule has 122 valence electrons. The number of sulfone groups is 1. The van der Waals surface area contributed by atoms with Gasteiger partial charge >= 0.3 is 0 Å². The molecule has 1 heterocycles. The van der Waals surface area contributed by atoms with E-state index in [0.29, 0.717) is 29.9 Å². The number of rotatable bonds is 5. The molecule has 7 heteroatoms. The lowest BCUT2D eigenvalue weighted by Gasteiger charge is -2.20. The Morgan fingerprint density at radius 3 is 2.82 bits per heavy atom.